The van der Waals surface area contributed by atoms with Gasteiger partial charge in [-0.05, 0) is 0 Å². The van der Waals surface area contributed by atoms with Crippen LogP contribution in [0.25, 0.3) is 0 Å². The molecule has 0 radical (unpaired) electrons. The second kappa shape index (κ2) is 2.91. The van der Waals surface area contributed by atoms with Crippen LogP contribution in [-0.4, -0.2) is 29.6 Å². The van der Waals surface area contributed by atoms with Gasteiger partial charge in [-0.1, -0.05) is 0 Å². The molecule has 0 atom stereocenters. The van der Waals surface area contributed by atoms with Gasteiger partial charge in [-0.3, -0.25) is 4.99 Å². The fourth-order valence-electron chi connectivity index (χ4n) is 0.636. The minimum absolute atomic E-state index is 0.692. The van der Waals surface area contributed by atoms with Crippen LogP contribution in [0.3, 0.4) is 0 Å². The van der Waals surface area contributed by atoms with E-state index in [4.69, 9.17) is 0 Å². The van der Waals surface area contributed by atoms with Crippen LogP contribution >= 0.6 is 0 Å². The first-order valence-corrected chi connectivity index (χ1v) is 2.81. The zero-order valence-corrected chi connectivity index (χ0v) is 5.73. The molecule has 0 amide bonds. The number of aromatic nitrogens is 2. The van der Waals surface area contributed by atoms with Crippen molar-refractivity contribution in [2.75, 3.05) is 7.05 Å². The lowest BCUT2D eigenvalue weighted by Crippen LogP contribution is -1.93. The molecule has 1 aromatic rings. The molecule has 10 heavy (non-hydrogen) atoms. The maximum Gasteiger partial charge on any atom is 0.171 e. The average Bonchev–Trinajstić information content (AvgIpc) is 2.36. The Morgan fingerprint density at radius 1 is 1.80 bits per heavy atom. The molecule has 4 heteroatoms. The molecule has 0 saturated heterocycles. The molecule has 0 N–H and O–H groups in total. The summed E-state index contributed by atoms with van der Waals surface area (Å²) >= 11 is 0. The second-order valence-corrected chi connectivity index (χ2v) is 1.66. The standard InChI is InChI=1S/C6H8N4/c1-7-5-6-9-3-4-10(6)8-2/h3-5H,2H2,1H3. The maximum absolute atomic E-state index is 3.96. The summed E-state index contributed by atoms with van der Waals surface area (Å²) in [5, 5.41) is 3.66. The molecular formula is C6H8N4. The Labute approximate surface area is 58.9 Å². The lowest BCUT2D eigenvalue weighted by Gasteiger charge is -1.90. The van der Waals surface area contributed by atoms with Gasteiger partial charge in [-0.15, -0.1) is 0 Å². The first-order valence-electron chi connectivity index (χ1n) is 2.81. The van der Waals surface area contributed by atoms with Gasteiger partial charge in [0.05, 0.1) is 6.21 Å². The van der Waals surface area contributed by atoms with Gasteiger partial charge < -0.3 is 0 Å². The van der Waals surface area contributed by atoms with E-state index >= 15 is 0 Å². The topological polar surface area (TPSA) is 42.5 Å². The van der Waals surface area contributed by atoms with Crippen LogP contribution < -0.4 is 0 Å². The number of aliphatic imine (C=N–C) groups is 1. The molecule has 0 unspecified atom stereocenters. The van der Waals surface area contributed by atoms with Crippen molar-refractivity contribution in [2.24, 2.45) is 10.1 Å². The Morgan fingerprint density at radius 2 is 2.60 bits per heavy atom. The van der Waals surface area contributed by atoms with Crippen molar-refractivity contribution in [3.8, 4) is 0 Å². The van der Waals surface area contributed by atoms with Crippen molar-refractivity contribution in [3.63, 3.8) is 0 Å². The molecule has 0 aromatic carbocycles. The number of imidazole rings is 1. The molecule has 0 aliphatic rings. The highest BCUT2D eigenvalue weighted by molar-refractivity contribution is 5.74. The van der Waals surface area contributed by atoms with Crippen LogP contribution in [0.1, 0.15) is 5.82 Å². The summed E-state index contributed by atoms with van der Waals surface area (Å²) in [5.74, 6) is 0.692. The van der Waals surface area contributed by atoms with Gasteiger partial charge >= 0.3 is 0 Å². The number of hydrogen-bond acceptors (Lipinski definition) is 3. The van der Waals surface area contributed by atoms with Gasteiger partial charge in [0, 0.05) is 26.2 Å². The zero-order chi connectivity index (χ0) is 7.40. The Bertz CT molecular complexity index is 248. The van der Waals surface area contributed by atoms with Crippen LogP contribution in [0.2, 0.25) is 0 Å². The molecule has 0 saturated carbocycles. The van der Waals surface area contributed by atoms with E-state index < -0.39 is 0 Å². The summed E-state index contributed by atoms with van der Waals surface area (Å²) in [7, 11) is 1.68. The fraction of sp³-hybridized carbons (Fsp3) is 0.167. The van der Waals surface area contributed by atoms with Crippen LogP contribution in [0.5, 0.6) is 0 Å². The first kappa shape index (κ1) is 6.67. The lowest BCUT2D eigenvalue weighted by atomic mass is 10.7. The molecule has 1 aromatic heterocycles. The number of hydrogen-bond donors (Lipinski definition) is 0. The van der Waals surface area contributed by atoms with Gasteiger partial charge in [0.25, 0.3) is 0 Å². The molecule has 52 valence electrons. The van der Waals surface area contributed by atoms with E-state index in [0.29, 0.717) is 5.82 Å². The monoisotopic (exact) mass is 136 g/mol. The molecule has 1 rings (SSSR count). The van der Waals surface area contributed by atoms with Gasteiger partial charge in [-0.2, -0.15) is 5.10 Å². The minimum Gasteiger partial charge on any atom is -0.293 e. The third-order valence-electron chi connectivity index (χ3n) is 1.05. The first-order chi connectivity index (χ1) is 4.88. The number of rotatable bonds is 2. The minimum atomic E-state index is 0.692. The largest absolute Gasteiger partial charge is 0.293 e. The fourth-order valence-corrected chi connectivity index (χ4v) is 0.636. The summed E-state index contributed by atoms with van der Waals surface area (Å²) in [6, 6.07) is 0. The summed E-state index contributed by atoms with van der Waals surface area (Å²) in [5.41, 5.74) is 0. The third kappa shape index (κ3) is 1.10. The highest BCUT2D eigenvalue weighted by Crippen LogP contribution is 1.91. The third-order valence-corrected chi connectivity index (χ3v) is 1.05. The lowest BCUT2D eigenvalue weighted by molar-refractivity contribution is 0.875. The molecular weight excluding hydrogens is 128 g/mol. The van der Waals surface area contributed by atoms with E-state index in [1.165, 1.54) is 0 Å². The van der Waals surface area contributed by atoms with E-state index in [1.807, 2.05) is 0 Å². The van der Waals surface area contributed by atoms with Gasteiger partial charge in [-0.25, -0.2) is 9.66 Å². The highest BCUT2D eigenvalue weighted by Gasteiger charge is 1.93. The van der Waals surface area contributed by atoms with Crippen LogP contribution in [0.4, 0.5) is 0 Å². The molecule has 0 aliphatic heterocycles. The SMILES string of the molecule is C=Nn1ccnc1C=NC. The summed E-state index contributed by atoms with van der Waals surface area (Å²) in [6.45, 7) is 3.36. The maximum atomic E-state index is 3.96. The van der Waals surface area contributed by atoms with Gasteiger partial charge in [0.2, 0.25) is 0 Å². The van der Waals surface area contributed by atoms with Gasteiger partial charge in [0.1, 0.15) is 0 Å². The van der Waals surface area contributed by atoms with Crippen molar-refractivity contribution < 1.29 is 0 Å². The van der Waals surface area contributed by atoms with Crippen molar-refractivity contribution in [3.05, 3.63) is 18.2 Å². The van der Waals surface area contributed by atoms with Gasteiger partial charge in [0.15, 0.2) is 5.82 Å². The zero-order valence-electron chi connectivity index (χ0n) is 5.73. The molecule has 0 aliphatic carbocycles. The molecule has 1 heterocycles. The summed E-state index contributed by atoms with van der Waals surface area (Å²) < 4.78 is 1.55. The number of nitrogens with zero attached hydrogens (tertiary/aromatic N) is 4. The van der Waals surface area contributed by atoms with Crippen LogP contribution in [0.15, 0.2) is 22.5 Å². The Hall–Kier alpha value is -1.45. The molecule has 4 nitrogen and oxygen atoms in total. The predicted molar refractivity (Wildman–Crippen MR) is 40.7 cm³/mol. The van der Waals surface area contributed by atoms with Crippen molar-refractivity contribution in [1.82, 2.24) is 9.66 Å². The smallest absolute Gasteiger partial charge is 0.171 e. The normalized spacial score (nSPS) is 10.5. The van der Waals surface area contributed by atoms with E-state index in [1.54, 1.807) is 30.3 Å². The summed E-state index contributed by atoms with van der Waals surface area (Å²) in [6.07, 6.45) is 4.98. The van der Waals surface area contributed by atoms with Crippen molar-refractivity contribution in [2.45, 2.75) is 0 Å². The van der Waals surface area contributed by atoms with E-state index in [-0.39, 0.29) is 0 Å². The molecule has 0 bridgehead atoms. The van der Waals surface area contributed by atoms with E-state index in [2.05, 4.69) is 21.8 Å². The molecule has 0 spiro atoms. The second-order valence-electron chi connectivity index (χ2n) is 1.66. The average molecular weight is 136 g/mol. The van der Waals surface area contributed by atoms with Crippen LogP contribution in [-0.2, 0) is 0 Å². The quantitative estimate of drug-likeness (QED) is 0.542. The Balaban J connectivity index is 3.00. The highest BCUT2D eigenvalue weighted by atomic mass is 15.4. The van der Waals surface area contributed by atoms with E-state index in [9.17, 15) is 0 Å². The van der Waals surface area contributed by atoms with E-state index in [0.717, 1.165) is 0 Å². The summed E-state index contributed by atoms with van der Waals surface area (Å²) in [4.78, 5) is 7.75. The molecule has 0 fully saturated rings. The Morgan fingerprint density at radius 3 is 3.20 bits per heavy atom. The predicted octanol–water partition coefficient (Wildman–Crippen LogP) is 0.395. The van der Waals surface area contributed by atoms with Crippen molar-refractivity contribution in [1.29, 1.82) is 0 Å². The van der Waals surface area contributed by atoms with Crippen LogP contribution in [0, 0.1) is 0 Å². The van der Waals surface area contributed by atoms with Crippen molar-refractivity contribution >= 4 is 12.9 Å². The Kier molecular flexibility index (Phi) is 1.94.